The molecule has 4 heteroatoms. The van der Waals surface area contributed by atoms with Crippen LogP contribution < -0.4 is 5.32 Å². The van der Waals surface area contributed by atoms with Gasteiger partial charge in [0.05, 0.1) is 0 Å². The number of anilines is 1. The van der Waals surface area contributed by atoms with E-state index in [1.54, 1.807) is 6.20 Å². The van der Waals surface area contributed by atoms with E-state index >= 15 is 0 Å². The first kappa shape index (κ1) is 7.88. The summed E-state index contributed by atoms with van der Waals surface area (Å²) in [6, 6.07) is 1.89. The second-order valence-corrected chi connectivity index (χ2v) is 3.17. The van der Waals surface area contributed by atoms with E-state index in [0.717, 1.165) is 15.2 Å². The van der Waals surface area contributed by atoms with Crippen LogP contribution in [0.2, 0.25) is 0 Å². The zero-order valence-corrected chi connectivity index (χ0v) is 7.91. The average molecular weight is 219 g/mol. The lowest BCUT2D eigenvalue weighted by Gasteiger charge is -2.01. The Labute approximate surface area is 73.6 Å². The molecule has 0 fully saturated rings. The van der Waals surface area contributed by atoms with Crippen molar-refractivity contribution < 1.29 is 0 Å². The Morgan fingerprint density at radius 3 is 2.90 bits per heavy atom. The minimum absolute atomic E-state index is 0.798. The molecular weight excluding hydrogens is 212 g/mol. The van der Waals surface area contributed by atoms with Gasteiger partial charge in [-0.25, -0.2) is 4.98 Å². The summed E-state index contributed by atoms with van der Waals surface area (Å²) in [6.07, 6.45) is 1.73. The molecule has 0 spiro atoms. The van der Waals surface area contributed by atoms with Crippen molar-refractivity contribution in [3.05, 3.63) is 16.7 Å². The normalized spacial score (nSPS) is 9.50. The van der Waals surface area contributed by atoms with Crippen LogP contribution >= 0.6 is 28.6 Å². The van der Waals surface area contributed by atoms with E-state index in [0.29, 0.717) is 0 Å². The third-order valence-corrected chi connectivity index (χ3v) is 1.85. The summed E-state index contributed by atoms with van der Waals surface area (Å²) in [5.41, 5.74) is 0. The van der Waals surface area contributed by atoms with Gasteiger partial charge in [0, 0.05) is 22.6 Å². The maximum Gasteiger partial charge on any atom is 0.139 e. The predicted molar refractivity (Wildman–Crippen MR) is 48.7 cm³/mol. The zero-order chi connectivity index (χ0) is 7.56. The van der Waals surface area contributed by atoms with Crippen LogP contribution in [-0.4, -0.2) is 12.0 Å². The molecule has 0 amide bonds. The lowest BCUT2D eigenvalue weighted by atomic mass is 10.4. The van der Waals surface area contributed by atoms with Crippen LogP contribution in [0.5, 0.6) is 0 Å². The molecule has 1 N–H and O–H groups in total. The van der Waals surface area contributed by atoms with E-state index in [-0.39, 0.29) is 0 Å². The summed E-state index contributed by atoms with van der Waals surface area (Å²) >= 11 is 7.48. The van der Waals surface area contributed by atoms with Gasteiger partial charge < -0.3 is 5.32 Å². The van der Waals surface area contributed by atoms with Crippen molar-refractivity contribution in [3.63, 3.8) is 0 Å². The van der Waals surface area contributed by atoms with Crippen molar-refractivity contribution in [1.29, 1.82) is 0 Å². The Kier molecular flexibility index (Phi) is 2.56. The molecule has 0 aliphatic heterocycles. The van der Waals surface area contributed by atoms with Gasteiger partial charge in [-0.1, -0.05) is 0 Å². The molecule has 0 radical (unpaired) electrons. The Hall–Kier alpha value is -0.220. The molecule has 54 valence electrons. The van der Waals surface area contributed by atoms with Gasteiger partial charge in [-0.3, -0.25) is 0 Å². The van der Waals surface area contributed by atoms with Crippen LogP contribution in [-0.2, 0) is 0 Å². The number of aromatic nitrogens is 1. The molecule has 1 aromatic heterocycles. The quantitative estimate of drug-likeness (QED) is 0.707. The number of halogens is 1. The van der Waals surface area contributed by atoms with Gasteiger partial charge in [0.2, 0.25) is 0 Å². The molecule has 0 unspecified atom stereocenters. The molecule has 1 rings (SSSR count). The van der Waals surface area contributed by atoms with E-state index in [9.17, 15) is 0 Å². The third-order valence-electron chi connectivity index (χ3n) is 1.07. The molecule has 1 heterocycles. The van der Waals surface area contributed by atoms with Crippen LogP contribution in [0.25, 0.3) is 0 Å². The Bertz CT molecular complexity index is 239. The van der Waals surface area contributed by atoms with Crippen molar-refractivity contribution in [3.8, 4) is 0 Å². The molecule has 0 aliphatic carbocycles. The number of pyridine rings is 1. The number of thiol groups is 1. The average Bonchev–Trinajstić information content (AvgIpc) is 1.88. The Balaban J connectivity index is 3.07. The number of hydrogen-bond acceptors (Lipinski definition) is 3. The monoisotopic (exact) mass is 218 g/mol. The Morgan fingerprint density at radius 1 is 1.70 bits per heavy atom. The van der Waals surface area contributed by atoms with Crippen LogP contribution in [0.4, 0.5) is 5.82 Å². The predicted octanol–water partition coefficient (Wildman–Crippen LogP) is 2.17. The van der Waals surface area contributed by atoms with E-state index in [2.05, 4.69) is 38.9 Å². The highest BCUT2D eigenvalue weighted by Crippen LogP contribution is 2.20. The fourth-order valence-electron chi connectivity index (χ4n) is 0.621. The van der Waals surface area contributed by atoms with Crippen molar-refractivity contribution in [2.45, 2.75) is 4.90 Å². The summed E-state index contributed by atoms with van der Waals surface area (Å²) in [6.45, 7) is 0. The van der Waals surface area contributed by atoms with Gasteiger partial charge in [-0.05, 0) is 22.0 Å². The van der Waals surface area contributed by atoms with Gasteiger partial charge in [0.1, 0.15) is 5.82 Å². The molecular formula is C6H7BrN2S. The van der Waals surface area contributed by atoms with E-state index in [4.69, 9.17) is 0 Å². The van der Waals surface area contributed by atoms with Crippen molar-refractivity contribution in [2.24, 2.45) is 0 Å². The molecule has 0 aliphatic rings. The van der Waals surface area contributed by atoms with Gasteiger partial charge in [-0.15, -0.1) is 12.6 Å². The minimum atomic E-state index is 0.798. The molecule has 1 aromatic rings. The number of hydrogen-bond donors (Lipinski definition) is 2. The minimum Gasteiger partial charge on any atom is -0.372 e. The number of nitrogens with one attached hydrogen (secondary N) is 1. The van der Waals surface area contributed by atoms with E-state index < -0.39 is 0 Å². The second-order valence-electron chi connectivity index (χ2n) is 1.77. The second kappa shape index (κ2) is 3.25. The first-order valence-electron chi connectivity index (χ1n) is 2.76. The summed E-state index contributed by atoms with van der Waals surface area (Å²) < 4.78 is 0.941. The summed E-state index contributed by atoms with van der Waals surface area (Å²) in [7, 11) is 1.82. The highest BCUT2D eigenvalue weighted by atomic mass is 79.9. The van der Waals surface area contributed by atoms with Gasteiger partial charge in [-0.2, -0.15) is 0 Å². The molecule has 0 aromatic carbocycles. The Morgan fingerprint density at radius 2 is 2.40 bits per heavy atom. The molecule has 0 saturated heterocycles. The fraction of sp³-hybridized carbons (Fsp3) is 0.167. The highest BCUT2D eigenvalue weighted by molar-refractivity contribution is 9.10. The molecule has 10 heavy (non-hydrogen) atoms. The van der Waals surface area contributed by atoms with Crippen molar-refractivity contribution >= 4 is 34.4 Å². The first-order chi connectivity index (χ1) is 4.74. The van der Waals surface area contributed by atoms with E-state index in [1.165, 1.54) is 0 Å². The van der Waals surface area contributed by atoms with Crippen LogP contribution in [0.3, 0.4) is 0 Å². The number of nitrogens with zero attached hydrogens (tertiary/aromatic N) is 1. The maximum atomic E-state index is 4.19. The van der Waals surface area contributed by atoms with Crippen molar-refractivity contribution in [1.82, 2.24) is 4.98 Å². The smallest absolute Gasteiger partial charge is 0.139 e. The standard InChI is InChI=1S/C6H7BrN2S/c1-8-6-5(10)2-4(7)3-9-6/h2-3,10H,1H3,(H,8,9). The van der Waals surface area contributed by atoms with E-state index in [1.807, 2.05) is 13.1 Å². The lowest BCUT2D eigenvalue weighted by Crippen LogP contribution is -1.92. The van der Waals surface area contributed by atoms with Gasteiger partial charge in [0.15, 0.2) is 0 Å². The maximum absolute atomic E-state index is 4.19. The molecule has 2 nitrogen and oxygen atoms in total. The van der Waals surface area contributed by atoms with Crippen LogP contribution in [0, 0.1) is 0 Å². The lowest BCUT2D eigenvalue weighted by molar-refractivity contribution is 1.20. The molecule has 0 bridgehead atoms. The van der Waals surface area contributed by atoms with Crippen LogP contribution in [0.1, 0.15) is 0 Å². The molecule has 0 atom stereocenters. The first-order valence-corrected chi connectivity index (χ1v) is 4.00. The topological polar surface area (TPSA) is 24.9 Å². The fourth-order valence-corrected chi connectivity index (χ4v) is 1.44. The summed E-state index contributed by atoms with van der Waals surface area (Å²) in [4.78, 5) is 4.91. The SMILES string of the molecule is CNc1ncc(Br)cc1S. The highest BCUT2D eigenvalue weighted by Gasteiger charge is 1.96. The molecule has 0 saturated carbocycles. The summed E-state index contributed by atoms with van der Waals surface area (Å²) in [5, 5.41) is 2.91. The third kappa shape index (κ3) is 1.64. The largest absolute Gasteiger partial charge is 0.372 e. The number of rotatable bonds is 1. The van der Waals surface area contributed by atoms with Gasteiger partial charge in [0.25, 0.3) is 0 Å². The van der Waals surface area contributed by atoms with Crippen molar-refractivity contribution in [2.75, 3.05) is 12.4 Å². The van der Waals surface area contributed by atoms with Crippen LogP contribution in [0.15, 0.2) is 21.6 Å². The van der Waals surface area contributed by atoms with Gasteiger partial charge >= 0.3 is 0 Å². The zero-order valence-electron chi connectivity index (χ0n) is 5.43. The summed E-state index contributed by atoms with van der Waals surface area (Å²) in [5.74, 6) is 0.798.